The van der Waals surface area contributed by atoms with Crippen LogP contribution >= 0.6 is 15.9 Å². The van der Waals surface area contributed by atoms with Crippen LogP contribution in [0.5, 0.6) is 0 Å². The fourth-order valence-corrected chi connectivity index (χ4v) is 1.64. The van der Waals surface area contributed by atoms with Crippen molar-refractivity contribution < 1.29 is 0 Å². The Morgan fingerprint density at radius 1 is 1.33 bits per heavy atom. The molecule has 3 heteroatoms. The second-order valence-electron chi connectivity index (χ2n) is 4.36. The van der Waals surface area contributed by atoms with Gasteiger partial charge in [-0.05, 0) is 45.9 Å². The lowest BCUT2D eigenvalue weighted by atomic mass is 9.98. The van der Waals surface area contributed by atoms with Gasteiger partial charge in [-0.2, -0.15) is 0 Å². The number of hydrogen-bond acceptors (Lipinski definition) is 2. The van der Waals surface area contributed by atoms with Crippen LogP contribution in [0.25, 0.3) is 0 Å². The van der Waals surface area contributed by atoms with E-state index in [2.05, 4.69) is 53.1 Å². The number of aromatic nitrogens is 1. The summed E-state index contributed by atoms with van der Waals surface area (Å²) in [6.07, 6.45) is 3.71. The average Bonchev–Trinajstić information content (AvgIpc) is 2.17. The van der Waals surface area contributed by atoms with E-state index in [1.165, 1.54) is 5.56 Å². The normalized spacial score (nSPS) is 13.1. The predicted octanol–water partition coefficient (Wildman–Crippen LogP) is 3.23. The highest BCUT2D eigenvalue weighted by Gasteiger charge is 2.05. The Bertz CT molecular complexity index is 299. The summed E-state index contributed by atoms with van der Waals surface area (Å²) in [6, 6.07) is 2.10. The second kappa shape index (κ2) is 6.23. The van der Waals surface area contributed by atoms with Crippen molar-refractivity contribution in [1.82, 2.24) is 10.3 Å². The molecule has 1 aromatic heterocycles. The van der Waals surface area contributed by atoms with Crippen LogP contribution in [0.2, 0.25) is 0 Å². The molecule has 1 heterocycles. The van der Waals surface area contributed by atoms with Crippen molar-refractivity contribution in [1.29, 1.82) is 0 Å². The maximum absolute atomic E-state index is 4.13. The van der Waals surface area contributed by atoms with Gasteiger partial charge in [0.1, 0.15) is 0 Å². The number of rotatable bonds is 5. The molecule has 0 bridgehead atoms. The zero-order chi connectivity index (χ0) is 11.3. The Morgan fingerprint density at radius 3 is 2.67 bits per heavy atom. The van der Waals surface area contributed by atoms with E-state index in [0.717, 1.165) is 23.5 Å². The highest BCUT2D eigenvalue weighted by molar-refractivity contribution is 9.10. The summed E-state index contributed by atoms with van der Waals surface area (Å²) in [5.41, 5.74) is 1.22. The minimum Gasteiger partial charge on any atom is -0.312 e. The summed E-state index contributed by atoms with van der Waals surface area (Å²) in [7, 11) is 0. The molecule has 0 fully saturated rings. The second-order valence-corrected chi connectivity index (χ2v) is 5.28. The quantitative estimate of drug-likeness (QED) is 0.889. The SMILES string of the molecule is CC(C)C(C)CNCc1cncc(Br)c1. The summed E-state index contributed by atoms with van der Waals surface area (Å²) >= 11 is 3.42. The largest absolute Gasteiger partial charge is 0.312 e. The molecule has 1 aromatic rings. The summed E-state index contributed by atoms with van der Waals surface area (Å²) < 4.78 is 1.04. The molecule has 0 amide bonds. The smallest absolute Gasteiger partial charge is 0.0410 e. The number of pyridine rings is 1. The maximum atomic E-state index is 4.13. The van der Waals surface area contributed by atoms with Crippen LogP contribution in [0.15, 0.2) is 22.9 Å². The first-order valence-electron chi connectivity index (χ1n) is 5.39. The first-order valence-corrected chi connectivity index (χ1v) is 6.19. The third kappa shape index (κ3) is 4.76. The lowest BCUT2D eigenvalue weighted by Gasteiger charge is -2.15. The van der Waals surface area contributed by atoms with Crippen molar-refractivity contribution in [2.45, 2.75) is 27.3 Å². The van der Waals surface area contributed by atoms with Gasteiger partial charge in [-0.25, -0.2) is 0 Å². The Hall–Kier alpha value is -0.410. The summed E-state index contributed by atoms with van der Waals surface area (Å²) in [5, 5.41) is 3.45. The van der Waals surface area contributed by atoms with Gasteiger partial charge in [-0.15, -0.1) is 0 Å². The summed E-state index contributed by atoms with van der Waals surface area (Å²) in [6.45, 7) is 8.74. The average molecular weight is 271 g/mol. The van der Waals surface area contributed by atoms with Crippen LogP contribution < -0.4 is 5.32 Å². The number of nitrogens with zero attached hydrogens (tertiary/aromatic N) is 1. The van der Waals surface area contributed by atoms with Crippen molar-refractivity contribution in [3.05, 3.63) is 28.5 Å². The van der Waals surface area contributed by atoms with Gasteiger partial charge in [-0.3, -0.25) is 4.98 Å². The topological polar surface area (TPSA) is 24.9 Å². The van der Waals surface area contributed by atoms with Gasteiger partial charge in [0.2, 0.25) is 0 Å². The summed E-state index contributed by atoms with van der Waals surface area (Å²) in [4.78, 5) is 4.13. The molecule has 0 aliphatic carbocycles. The minimum atomic E-state index is 0.713. The van der Waals surface area contributed by atoms with Gasteiger partial charge in [0.25, 0.3) is 0 Å². The molecular formula is C12H19BrN2. The molecule has 1 atom stereocenters. The molecule has 0 aliphatic rings. The molecule has 0 aliphatic heterocycles. The predicted molar refractivity (Wildman–Crippen MR) is 67.6 cm³/mol. The van der Waals surface area contributed by atoms with Crippen molar-refractivity contribution in [2.75, 3.05) is 6.54 Å². The van der Waals surface area contributed by atoms with Crippen molar-refractivity contribution in [3.8, 4) is 0 Å². The van der Waals surface area contributed by atoms with Gasteiger partial charge < -0.3 is 5.32 Å². The number of nitrogens with one attached hydrogen (secondary N) is 1. The Kier molecular flexibility index (Phi) is 5.26. The molecule has 1 unspecified atom stereocenters. The van der Waals surface area contributed by atoms with E-state index in [4.69, 9.17) is 0 Å². The van der Waals surface area contributed by atoms with Crippen LogP contribution in [-0.4, -0.2) is 11.5 Å². The third-order valence-electron chi connectivity index (χ3n) is 2.70. The van der Waals surface area contributed by atoms with Gasteiger partial charge in [0.05, 0.1) is 0 Å². The molecule has 84 valence electrons. The maximum Gasteiger partial charge on any atom is 0.0410 e. The molecule has 2 nitrogen and oxygen atoms in total. The first-order chi connectivity index (χ1) is 7.09. The van der Waals surface area contributed by atoms with Crippen LogP contribution in [0.4, 0.5) is 0 Å². The van der Waals surface area contributed by atoms with Gasteiger partial charge in [0, 0.05) is 23.4 Å². The van der Waals surface area contributed by atoms with Crippen molar-refractivity contribution in [2.24, 2.45) is 11.8 Å². The van der Waals surface area contributed by atoms with Gasteiger partial charge in [-0.1, -0.05) is 20.8 Å². The molecule has 0 saturated carbocycles. The van der Waals surface area contributed by atoms with E-state index in [-0.39, 0.29) is 0 Å². The highest BCUT2D eigenvalue weighted by atomic mass is 79.9. The number of halogens is 1. The lowest BCUT2D eigenvalue weighted by Crippen LogP contribution is -2.23. The Balaban J connectivity index is 2.32. The highest BCUT2D eigenvalue weighted by Crippen LogP contribution is 2.10. The van der Waals surface area contributed by atoms with E-state index >= 15 is 0 Å². The Morgan fingerprint density at radius 2 is 2.07 bits per heavy atom. The first kappa shape index (κ1) is 12.7. The van der Waals surface area contributed by atoms with Crippen molar-refractivity contribution >= 4 is 15.9 Å². The zero-order valence-corrected chi connectivity index (χ0v) is 11.2. The third-order valence-corrected chi connectivity index (χ3v) is 3.13. The van der Waals surface area contributed by atoms with E-state index < -0.39 is 0 Å². The fourth-order valence-electron chi connectivity index (χ4n) is 1.23. The van der Waals surface area contributed by atoms with Crippen LogP contribution in [0.1, 0.15) is 26.3 Å². The van der Waals surface area contributed by atoms with E-state index in [1.54, 1.807) is 6.20 Å². The zero-order valence-electron chi connectivity index (χ0n) is 9.63. The van der Waals surface area contributed by atoms with E-state index in [0.29, 0.717) is 5.92 Å². The van der Waals surface area contributed by atoms with Gasteiger partial charge in [0.15, 0.2) is 0 Å². The van der Waals surface area contributed by atoms with Crippen LogP contribution in [0, 0.1) is 11.8 Å². The summed E-state index contributed by atoms with van der Waals surface area (Å²) in [5.74, 6) is 1.45. The van der Waals surface area contributed by atoms with Crippen LogP contribution in [-0.2, 0) is 6.54 Å². The Labute approximate surface area is 101 Å². The molecule has 0 spiro atoms. The molecule has 0 radical (unpaired) electrons. The van der Waals surface area contributed by atoms with Crippen molar-refractivity contribution in [3.63, 3.8) is 0 Å². The monoisotopic (exact) mass is 270 g/mol. The van der Waals surface area contributed by atoms with E-state index in [1.807, 2.05) is 6.20 Å². The minimum absolute atomic E-state index is 0.713. The molecule has 15 heavy (non-hydrogen) atoms. The van der Waals surface area contributed by atoms with E-state index in [9.17, 15) is 0 Å². The standard InChI is InChI=1S/C12H19BrN2/c1-9(2)10(3)5-14-6-11-4-12(13)8-15-7-11/h4,7-10,14H,5-6H2,1-3H3. The fraction of sp³-hybridized carbons (Fsp3) is 0.583. The molecule has 1 N–H and O–H groups in total. The number of hydrogen-bond donors (Lipinski definition) is 1. The van der Waals surface area contributed by atoms with Crippen LogP contribution in [0.3, 0.4) is 0 Å². The molecule has 0 saturated heterocycles. The lowest BCUT2D eigenvalue weighted by molar-refractivity contribution is 0.392. The molecule has 1 rings (SSSR count). The molecule has 0 aromatic carbocycles. The molecular weight excluding hydrogens is 252 g/mol. The van der Waals surface area contributed by atoms with Gasteiger partial charge >= 0.3 is 0 Å².